The predicted molar refractivity (Wildman–Crippen MR) is 74.5 cm³/mol. The van der Waals surface area contributed by atoms with E-state index in [1.807, 2.05) is 0 Å². The lowest BCUT2D eigenvalue weighted by Crippen LogP contribution is -2.35. The summed E-state index contributed by atoms with van der Waals surface area (Å²) in [5, 5.41) is 0. The van der Waals surface area contributed by atoms with Crippen LogP contribution in [0.25, 0.3) is 0 Å². The molecule has 0 atom stereocenters. The molecule has 0 fully saturated rings. The van der Waals surface area contributed by atoms with Crippen LogP contribution in [0.2, 0.25) is 0 Å². The Morgan fingerprint density at radius 2 is 1.48 bits per heavy atom. The Labute approximate surface area is 121 Å². The molecule has 3 rings (SSSR count). The zero-order valence-electron chi connectivity index (χ0n) is 10.7. The minimum atomic E-state index is -4.62. The molecule has 6 nitrogen and oxygen atoms in total. The lowest BCUT2D eigenvalue weighted by Gasteiger charge is -2.26. The number of fused-ring (bicyclic) bond motifs is 2. The Bertz CT molecular complexity index is 770. The first kappa shape index (κ1) is 13.6. The van der Waals surface area contributed by atoms with Crippen molar-refractivity contribution in [2.24, 2.45) is 0 Å². The van der Waals surface area contributed by atoms with Crippen molar-refractivity contribution in [1.29, 1.82) is 0 Å². The van der Waals surface area contributed by atoms with E-state index in [2.05, 4.69) is 0 Å². The third-order valence-electron chi connectivity index (χ3n) is 3.17. The van der Waals surface area contributed by atoms with E-state index < -0.39 is 22.1 Å². The molecule has 7 heteroatoms. The van der Waals surface area contributed by atoms with E-state index in [0.29, 0.717) is 22.6 Å². The van der Waals surface area contributed by atoms with Crippen molar-refractivity contribution in [2.75, 3.05) is 0 Å². The third kappa shape index (κ3) is 2.61. The van der Waals surface area contributed by atoms with Gasteiger partial charge in [0.2, 0.25) is 5.91 Å². The van der Waals surface area contributed by atoms with Crippen LogP contribution < -0.4 is 9.46 Å². The summed E-state index contributed by atoms with van der Waals surface area (Å²) in [6.07, 6.45) is 0. The predicted octanol–water partition coefficient (Wildman–Crippen LogP) is 1.84. The first-order valence-electron chi connectivity index (χ1n) is 6.10. The van der Waals surface area contributed by atoms with E-state index in [0.717, 1.165) is 0 Å². The Balaban J connectivity index is 2.13. The van der Waals surface area contributed by atoms with Crippen molar-refractivity contribution in [1.82, 2.24) is 4.72 Å². The average molecular weight is 305 g/mol. The first-order valence-corrected chi connectivity index (χ1v) is 7.54. The van der Waals surface area contributed by atoms with Gasteiger partial charge in [0.05, 0.1) is 5.92 Å². The van der Waals surface area contributed by atoms with Gasteiger partial charge in [0.15, 0.2) is 0 Å². The zero-order valence-corrected chi connectivity index (χ0v) is 11.5. The van der Waals surface area contributed by atoms with Gasteiger partial charge in [-0.1, -0.05) is 36.4 Å². The number of carbonyl (C=O) groups is 1. The highest BCUT2D eigenvalue weighted by atomic mass is 32.2. The van der Waals surface area contributed by atoms with E-state index in [1.54, 1.807) is 53.3 Å². The maximum atomic E-state index is 12.2. The normalized spacial score (nSPS) is 13.8. The van der Waals surface area contributed by atoms with Crippen molar-refractivity contribution in [3.05, 3.63) is 59.7 Å². The summed E-state index contributed by atoms with van der Waals surface area (Å²) >= 11 is 0. The second kappa shape index (κ2) is 4.87. The van der Waals surface area contributed by atoms with Crippen LogP contribution in [-0.4, -0.2) is 18.9 Å². The standard InChI is InChI=1S/C14H11NO5S/c16-14(15-21(17,18)19)13-9-5-1-3-7-11(9)20-12-8-4-2-6-10(12)13/h1-8,13H,(H,15,16)(H,17,18,19). The van der Waals surface area contributed by atoms with Crippen LogP contribution in [0.1, 0.15) is 17.0 Å². The summed E-state index contributed by atoms with van der Waals surface area (Å²) in [4.78, 5) is 12.2. The molecule has 0 radical (unpaired) electrons. The fourth-order valence-electron chi connectivity index (χ4n) is 2.38. The van der Waals surface area contributed by atoms with Crippen LogP contribution in [0.15, 0.2) is 48.5 Å². The van der Waals surface area contributed by atoms with Gasteiger partial charge >= 0.3 is 10.3 Å². The quantitative estimate of drug-likeness (QED) is 0.826. The number of hydrogen-bond donors (Lipinski definition) is 2. The molecule has 1 amide bonds. The lowest BCUT2D eigenvalue weighted by atomic mass is 9.87. The highest BCUT2D eigenvalue weighted by Gasteiger charge is 2.33. The minimum absolute atomic E-state index is 0.478. The number of amides is 1. The molecular weight excluding hydrogens is 294 g/mol. The van der Waals surface area contributed by atoms with Crippen LogP contribution in [0, 0.1) is 0 Å². The van der Waals surface area contributed by atoms with Gasteiger partial charge in [-0.2, -0.15) is 8.42 Å². The molecule has 1 aliphatic rings. The smallest absolute Gasteiger partial charge is 0.359 e. The number of benzene rings is 2. The van der Waals surface area contributed by atoms with E-state index in [9.17, 15) is 13.2 Å². The van der Waals surface area contributed by atoms with Crippen molar-refractivity contribution in [3.63, 3.8) is 0 Å². The maximum absolute atomic E-state index is 12.2. The van der Waals surface area contributed by atoms with E-state index >= 15 is 0 Å². The molecule has 0 saturated carbocycles. The number of nitrogens with one attached hydrogen (secondary N) is 1. The van der Waals surface area contributed by atoms with E-state index in [-0.39, 0.29) is 0 Å². The minimum Gasteiger partial charge on any atom is -0.457 e. The van der Waals surface area contributed by atoms with Crippen molar-refractivity contribution >= 4 is 16.2 Å². The summed E-state index contributed by atoms with van der Waals surface area (Å²) < 4.78 is 37.9. The molecule has 21 heavy (non-hydrogen) atoms. The van der Waals surface area contributed by atoms with Gasteiger partial charge in [-0.3, -0.25) is 9.35 Å². The molecular formula is C14H11NO5S. The van der Waals surface area contributed by atoms with Gasteiger partial charge in [0.25, 0.3) is 0 Å². The fraction of sp³-hybridized carbons (Fsp3) is 0.0714. The first-order chi connectivity index (χ1) is 9.96. The molecule has 0 unspecified atom stereocenters. The van der Waals surface area contributed by atoms with Crippen LogP contribution in [0.3, 0.4) is 0 Å². The summed E-state index contributed by atoms with van der Waals surface area (Å²) in [6, 6.07) is 13.7. The maximum Gasteiger partial charge on any atom is 0.359 e. The highest BCUT2D eigenvalue weighted by Crippen LogP contribution is 2.43. The molecule has 2 N–H and O–H groups in total. The topological polar surface area (TPSA) is 92.7 Å². The SMILES string of the molecule is O=C(NS(=O)(=O)O)C1c2ccccc2Oc2ccccc21. The number of hydrogen-bond acceptors (Lipinski definition) is 4. The molecule has 1 aliphatic heterocycles. The van der Waals surface area contributed by atoms with Crippen molar-refractivity contribution in [3.8, 4) is 11.5 Å². The molecule has 2 aromatic rings. The monoisotopic (exact) mass is 305 g/mol. The Morgan fingerprint density at radius 3 is 1.95 bits per heavy atom. The van der Waals surface area contributed by atoms with Crippen LogP contribution in [0.4, 0.5) is 0 Å². The second-order valence-corrected chi connectivity index (χ2v) is 5.71. The third-order valence-corrected chi connectivity index (χ3v) is 3.63. The largest absolute Gasteiger partial charge is 0.457 e. The zero-order chi connectivity index (χ0) is 15.0. The van der Waals surface area contributed by atoms with E-state index in [4.69, 9.17) is 9.29 Å². The average Bonchev–Trinajstić information content (AvgIpc) is 2.42. The van der Waals surface area contributed by atoms with Crippen LogP contribution in [0.5, 0.6) is 11.5 Å². The Kier molecular flexibility index (Phi) is 3.15. The number of carbonyl (C=O) groups excluding carboxylic acids is 1. The molecule has 0 spiro atoms. The van der Waals surface area contributed by atoms with Crippen LogP contribution in [-0.2, 0) is 15.1 Å². The summed E-state index contributed by atoms with van der Waals surface area (Å²) in [5.41, 5.74) is 1.08. The highest BCUT2D eigenvalue weighted by molar-refractivity contribution is 7.84. The molecule has 0 bridgehead atoms. The summed E-state index contributed by atoms with van der Waals surface area (Å²) in [7, 11) is -4.62. The van der Waals surface area contributed by atoms with Gasteiger partial charge in [0, 0.05) is 11.1 Å². The number of para-hydroxylation sites is 2. The van der Waals surface area contributed by atoms with Gasteiger partial charge in [-0.15, -0.1) is 0 Å². The second-order valence-electron chi connectivity index (χ2n) is 4.55. The number of ether oxygens (including phenoxy) is 1. The van der Waals surface area contributed by atoms with Gasteiger partial charge in [-0.05, 0) is 12.1 Å². The molecule has 2 aromatic carbocycles. The lowest BCUT2D eigenvalue weighted by molar-refractivity contribution is -0.120. The van der Waals surface area contributed by atoms with Crippen molar-refractivity contribution in [2.45, 2.75) is 5.92 Å². The Hall–Kier alpha value is -2.38. The van der Waals surface area contributed by atoms with Gasteiger partial charge in [-0.25, -0.2) is 4.72 Å². The molecule has 108 valence electrons. The molecule has 1 heterocycles. The van der Waals surface area contributed by atoms with Crippen LogP contribution >= 0.6 is 0 Å². The molecule has 0 aliphatic carbocycles. The Morgan fingerprint density at radius 1 is 1.00 bits per heavy atom. The van der Waals surface area contributed by atoms with Crippen molar-refractivity contribution < 1.29 is 22.5 Å². The van der Waals surface area contributed by atoms with E-state index in [1.165, 1.54) is 0 Å². The summed E-state index contributed by atoms with van der Waals surface area (Å²) in [6.45, 7) is 0. The van der Waals surface area contributed by atoms with Gasteiger partial charge in [0.1, 0.15) is 11.5 Å². The van der Waals surface area contributed by atoms with Gasteiger partial charge < -0.3 is 4.74 Å². The fourth-order valence-corrected chi connectivity index (χ4v) is 2.75. The molecule has 0 saturated heterocycles. The molecule has 0 aromatic heterocycles. The number of rotatable bonds is 2. The summed E-state index contributed by atoms with van der Waals surface area (Å²) in [5.74, 6) is -0.743.